The molecule has 1 aliphatic rings. The largest absolute Gasteiger partial charge is 0.339 e. The second kappa shape index (κ2) is 6.23. The number of rotatable bonds is 3. The maximum Gasteiger partial charge on any atom is 0.230 e. The van der Waals surface area contributed by atoms with Gasteiger partial charge in [-0.05, 0) is 66.9 Å². The highest BCUT2D eigenvalue weighted by Gasteiger charge is 2.26. The van der Waals surface area contributed by atoms with Gasteiger partial charge in [-0.25, -0.2) is 4.39 Å². The van der Waals surface area contributed by atoms with Gasteiger partial charge in [0.15, 0.2) is 0 Å². The molecule has 1 saturated carbocycles. The standard InChI is InChI=1S/C15H17BrFN3O/c1-18-11-5-2-9(3-6-11)15-19-14(20-21-15)12-7-4-10(17)8-13(12)16/h4,7-9,11,18H,2-3,5-6H2,1H3. The summed E-state index contributed by atoms with van der Waals surface area (Å²) in [6.07, 6.45) is 4.35. The Morgan fingerprint density at radius 3 is 2.71 bits per heavy atom. The van der Waals surface area contributed by atoms with E-state index in [1.54, 1.807) is 6.07 Å². The highest BCUT2D eigenvalue weighted by atomic mass is 79.9. The van der Waals surface area contributed by atoms with Crippen LogP contribution in [0.1, 0.15) is 37.5 Å². The van der Waals surface area contributed by atoms with E-state index in [-0.39, 0.29) is 5.82 Å². The summed E-state index contributed by atoms with van der Waals surface area (Å²) in [4.78, 5) is 4.49. The van der Waals surface area contributed by atoms with E-state index >= 15 is 0 Å². The van der Waals surface area contributed by atoms with Crippen molar-refractivity contribution in [2.75, 3.05) is 7.05 Å². The van der Waals surface area contributed by atoms with Crippen LogP contribution in [-0.4, -0.2) is 23.2 Å². The van der Waals surface area contributed by atoms with Gasteiger partial charge in [0.2, 0.25) is 11.7 Å². The first-order chi connectivity index (χ1) is 10.2. The van der Waals surface area contributed by atoms with Crippen molar-refractivity contribution in [3.63, 3.8) is 0 Å². The average Bonchev–Trinajstić information content (AvgIpc) is 2.97. The molecule has 0 atom stereocenters. The minimum Gasteiger partial charge on any atom is -0.339 e. The Bertz CT molecular complexity index is 623. The lowest BCUT2D eigenvalue weighted by Gasteiger charge is -2.25. The lowest BCUT2D eigenvalue weighted by Crippen LogP contribution is -2.29. The summed E-state index contributed by atoms with van der Waals surface area (Å²) in [5.41, 5.74) is 0.746. The van der Waals surface area contributed by atoms with Crippen molar-refractivity contribution in [2.24, 2.45) is 0 Å². The Hall–Kier alpha value is -1.27. The minimum absolute atomic E-state index is 0.292. The van der Waals surface area contributed by atoms with Crippen LogP contribution in [0.5, 0.6) is 0 Å². The molecule has 4 nitrogen and oxygen atoms in total. The van der Waals surface area contributed by atoms with Crippen LogP contribution in [0.25, 0.3) is 11.4 Å². The summed E-state index contributed by atoms with van der Waals surface area (Å²) >= 11 is 3.34. The molecule has 6 heteroatoms. The monoisotopic (exact) mass is 353 g/mol. The van der Waals surface area contributed by atoms with E-state index in [1.807, 2.05) is 7.05 Å². The molecule has 1 heterocycles. The number of halogens is 2. The zero-order chi connectivity index (χ0) is 14.8. The molecular formula is C15H17BrFN3O. The fraction of sp³-hybridized carbons (Fsp3) is 0.467. The first-order valence-corrected chi connectivity index (χ1v) is 7.93. The Balaban J connectivity index is 1.77. The predicted molar refractivity (Wildman–Crippen MR) is 81.4 cm³/mol. The van der Waals surface area contributed by atoms with Crippen molar-refractivity contribution in [3.8, 4) is 11.4 Å². The molecule has 1 aromatic carbocycles. The first kappa shape index (κ1) is 14.7. The average molecular weight is 354 g/mol. The smallest absolute Gasteiger partial charge is 0.230 e. The highest BCUT2D eigenvalue weighted by Crippen LogP contribution is 2.34. The molecule has 2 aromatic rings. The molecule has 0 amide bonds. The molecule has 0 aliphatic heterocycles. The summed E-state index contributed by atoms with van der Waals surface area (Å²) in [5.74, 6) is 1.23. The highest BCUT2D eigenvalue weighted by molar-refractivity contribution is 9.10. The van der Waals surface area contributed by atoms with Gasteiger partial charge in [0.05, 0.1) is 0 Å². The molecule has 0 radical (unpaired) electrons. The third kappa shape index (κ3) is 3.16. The third-order valence-electron chi connectivity index (χ3n) is 4.10. The molecule has 3 rings (SSSR count). The van der Waals surface area contributed by atoms with Gasteiger partial charge in [-0.15, -0.1) is 0 Å². The van der Waals surface area contributed by atoms with Crippen LogP contribution in [0.2, 0.25) is 0 Å². The zero-order valence-corrected chi connectivity index (χ0v) is 13.4. The molecule has 0 spiro atoms. The van der Waals surface area contributed by atoms with E-state index in [0.29, 0.717) is 28.1 Å². The topological polar surface area (TPSA) is 51.0 Å². The first-order valence-electron chi connectivity index (χ1n) is 7.13. The molecular weight excluding hydrogens is 337 g/mol. The van der Waals surface area contributed by atoms with Crippen molar-refractivity contribution in [1.82, 2.24) is 15.5 Å². The molecule has 1 aromatic heterocycles. The Morgan fingerprint density at radius 2 is 2.05 bits per heavy atom. The lowest BCUT2D eigenvalue weighted by atomic mass is 9.86. The number of nitrogens with one attached hydrogen (secondary N) is 1. The number of hydrogen-bond acceptors (Lipinski definition) is 4. The van der Waals surface area contributed by atoms with E-state index < -0.39 is 0 Å². The normalized spacial score (nSPS) is 22.4. The number of aromatic nitrogens is 2. The predicted octanol–water partition coefficient (Wildman–Crippen LogP) is 3.88. The summed E-state index contributed by atoms with van der Waals surface area (Å²) in [6.45, 7) is 0. The van der Waals surface area contributed by atoms with Crippen molar-refractivity contribution in [3.05, 3.63) is 34.4 Å². The van der Waals surface area contributed by atoms with Gasteiger partial charge in [-0.3, -0.25) is 0 Å². The third-order valence-corrected chi connectivity index (χ3v) is 4.75. The van der Waals surface area contributed by atoms with Crippen molar-refractivity contribution in [1.29, 1.82) is 0 Å². The van der Waals surface area contributed by atoms with Gasteiger partial charge in [0.1, 0.15) is 5.82 Å². The molecule has 0 saturated heterocycles. The maximum absolute atomic E-state index is 13.1. The molecule has 0 bridgehead atoms. The molecule has 21 heavy (non-hydrogen) atoms. The summed E-state index contributed by atoms with van der Waals surface area (Å²) in [5, 5.41) is 7.35. The summed E-state index contributed by atoms with van der Waals surface area (Å²) in [7, 11) is 2.00. The van der Waals surface area contributed by atoms with E-state index in [2.05, 4.69) is 31.4 Å². The number of nitrogens with zero attached hydrogens (tertiary/aromatic N) is 2. The minimum atomic E-state index is -0.292. The molecule has 1 aliphatic carbocycles. The van der Waals surface area contributed by atoms with Gasteiger partial charge in [0.25, 0.3) is 0 Å². The van der Waals surface area contributed by atoms with E-state index in [1.165, 1.54) is 12.1 Å². The van der Waals surface area contributed by atoms with Gasteiger partial charge in [0, 0.05) is 22.0 Å². The Kier molecular flexibility index (Phi) is 4.35. The van der Waals surface area contributed by atoms with Crippen LogP contribution >= 0.6 is 15.9 Å². The van der Waals surface area contributed by atoms with Crippen molar-refractivity contribution < 1.29 is 8.91 Å². The van der Waals surface area contributed by atoms with Crippen LogP contribution < -0.4 is 5.32 Å². The number of benzene rings is 1. The van der Waals surface area contributed by atoms with Crippen LogP contribution in [0.15, 0.2) is 27.2 Å². The fourth-order valence-corrected chi connectivity index (χ4v) is 3.34. The fourth-order valence-electron chi connectivity index (χ4n) is 2.81. The molecule has 1 N–H and O–H groups in total. The van der Waals surface area contributed by atoms with Crippen LogP contribution in [0.3, 0.4) is 0 Å². The Labute approximate surface area is 131 Å². The van der Waals surface area contributed by atoms with Gasteiger partial charge in [-0.2, -0.15) is 4.98 Å². The van der Waals surface area contributed by atoms with E-state index in [9.17, 15) is 4.39 Å². The number of hydrogen-bond donors (Lipinski definition) is 1. The van der Waals surface area contributed by atoms with Gasteiger partial charge >= 0.3 is 0 Å². The van der Waals surface area contributed by atoms with Gasteiger partial charge < -0.3 is 9.84 Å². The summed E-state index contributed by atoms with van der Waals surface area (Å²) < 4.78 is 19.2. The Morgan fingerprint density at radius 1 is 1.29 bits per heavy atom. The quantitative estimate of drug-likeness (QED) is 0.909. The SMILES string of the molecule is CNC1CCC(c2nc(-c3ccc(F)cc3Br)no2)CC1. The zero-order valence-electron chi connectivity index (χ0n) is 11.8. The van der Waals surface area contributed by atoms with E-state index in [0.717, 1.165) is 31.2 Å². The van der Waals surface area contributed by atoms with Crippen LogP contribution in [-0.2, 0) is 0 Å². The van der Waals surface area contributed by atoms with Crippen LogP contribution in [0.4, 0.5) is 4.39 Å². The van der Waals surface area contributed by atoms with Crippen molar-refractivity contribution in [2.45, 2.75) is 37.6 Å². The second-order valence-corrected chi connectivity index (χ2v) is 6.27. The van der Waals surface area contributed by atoms with Gasteiger partial charge in [-0.1, -0.05) is 5.16 Å². The van der Waals surface area contributed by atoms with Crippen molar-refractivity contribution >= 4 is 15.9 Å². The summed E-state index contributed by atoms with van der Waals surface area (Å²) in [6, 6.07) is 5.05. The molecule has 0 unspecified atom stereocenters. The maximum atomic E-state index is 13.1. The molecule has 1 fully saturated rings. The second-order valence-electron chi connectivity index (χ2n) is 5.42. The van der Waals surface area contributed by atoms with Crippen LogP contribution in [0, 0.1) is 5.82 Å². The van der Waals surface area contributed by atoms with E-state index in [4.69, 9.17) is 4.52 Å². The lowest BCUT2D eigenvalue weighted by molar-refractivity contribution is 0.289. The molecule has 112 valence electrons.